The molecular weight excluding hydrogens is 308 g/mol. The SMILES string of the molecule is CCCCCCCCCN(C(=O)OC(C)(C)C)[N+](=O)OC(C)(C)C. The normalized spacial score (nSPS) is 12.0. The fraction of sp³-hybridized carbons (Fsp3) is 0.944. The zero-order valence-corrected chi connectivity index (χ0v) is 16.7. The Morgan fingerprint density at radius 3 is 1.83 bits per heavy atom. The number of rotatable bonds is 10. The zero-order valence-electron chi connectivity index (χ0n) is 16.7. The summed E-state index contributed by atoms with van der Waals surface area (Å²) in [5.74, 6) is 0. The van der Waals surface area contributed by atoms with Gasteiger partial charge in [-0.1, -0.05) is 45.4 Å². The summed E-state index contributed by atoms with van der Waals surface area (Å²) in [7, 11) is 0. The van der Waals surface area contributed by atoms with E-state index in [-0.39, 0.29) is 5.03 Å². The van der Waals surface area contributed by atoms with Crippen molar-refractivity contribution < 1.29 is 19.4 Å². The molecule has 6 heteroatoms. The summed E-state index contributed by atoms with van der Waals surface area (Å²) < 4.78 is 5.31. The summed E-state index contributed by atoms with van der Waals surface area (Å²) in [5, 5.41) is 1.27. The van der Waals surface area contributed by atoms with Crippen LogP contribution in [-0.4, -0.2) is 33.9 Å². The van der Waals surface area contributed by atoms with Gasteiger partial charge < -0.3 is 4.74 Å². The van der Waals surface area contributed by atoms with Gasteiger partial charge in [-0.15, -0.1) is 0 Å². The Hall–Kier alpha value is -1.33. The van der Waals surface area contributed by atoms with Gasteiger partial charge in [0.15, 0.2) is 5.60 Å². The second-order valence-corrected chi connectivity index (χ2v) is 8.17. The van der Waals surface area contributed by atoms with Crippen LogP contribution in [0.3, 0.4) is 0 Å². The Labute approximate surface area is 147 Å². The molecule has 142 valence electrons. The van der Waals surface area contributed by atoms with Gasteiger partial charge >= 0.3 is 11.1 Å². The van der Waals surface area contributed by atoms with Crippen LogP contribution in [0, 0.1) is 4.91 Å². The molecule has 0 radical (unpaired) electrons. The summed E-state index contributed by atoms with van der Waals surface area (Å²) in [4.78, 5) is 29.7. The lowest BCUT2D eigenvalue weighted by Crippen LogP contribution is -2.45. The predicted octanol–water partition coefficient (Wildman–Crippen LogP) is 5.40. The van der Waals surface area contributed by atoms with Crippen molar-refractivity contribution >= 4 is 6.09 Å². The number of carbonyl (C=O) groups is 1. The molecule has 0 aromatic rings. The monoisotopic (exact) mass is 345 g/mol. The highest BCUT2D eigenvalue weighted by Gasteiger charge is 2.38. The molecule has 0 heterocycles. The van der Waals surface area contributed by atoms with Gasteiger partial charge in [-0.25, -0.2) is 4.79 Å². The highest BCUT2D eigenvalue weighted by atomic mass is 16.8. The molecule has 0 spiro atoms. The minimum absolute atomic E-state index is 0.269. The lowest BCUT2D eigenvalue weighted by Gasteiger charge is -2.22. The second kappa shape index (κ2) is 10.5. The maximum atomic E-state index is 12.3. The molecule has 0 aromatic heterocycles. The first-order valence-corrected chi connectivity index (χ1v) is 9.13. The fourth-order valence-electron chi connectivity index (χ4n) is 2.06. The molecule has 0 atom stereocenters. The van der Waals surface area contributed by atoms with Gasteiger partial charge in [0, 0.05) is 5.01 Å². The molecule has 0 saturated carbocycles. The zero-order chi connectivity index (χ0) is 18.8. The van der Waals surface area contributed by atoms with Gasteiger partial charge in [0.25, 0.3) is 0 Å². The topological polar surface area (TPSA) is 58.9 Å². The number of unbranched alkanes of at least 4 members (excludes halogenated alkanes) is 6. The van der Waals surface area contributed by atoms with E-state index in [0.717, 1.165) is 24.3 Å². The maximum absolute atomic E-state index is 12.3. The van der Waals surface area contributed by atoms with Gasteiger partial charge in [-0.2, -0.15) is 4.84 Å². The molecule has 24 heavy (non-hydrogen) atoms. The van der Waals surface area contributed by atoms with Crippen LogP contribution in [0.5, 0.6) is 0 Å². The molecule has 0 saturated heterocycles. The molecule has 0 rings (SSSR count). The van der Waals surface area contributed by atoms with Crippen LogP contribution >= 0.6 is 0 Å². The van der Waals surface area contributed by atoms with E-state index in [2.05, 4.69) is 6.92 Å². The van der Waals surface area contributed by atoms with Crippen LogP contribution in [0.4, 0.5) is 4.79 Å². The van der Waals surface area contributed by atoms with Crippen molar-refractivity contribution in [3.05, 3.63) is 4.91 Å². The van der Waals surface area contributed by atoms with E-state index in [0.29, 0.717) is 6.54 Å². The van der Waals surface area contributed by atoms with Crippen molar-refractivity contribution in [1.29, 1.82) is 0 Å². The Morgan fingerprint density at radius 1 is 0.875 bits per heavy atom. The van der Waals surface area contributed by atoms with E-state index < -0.39 is 17.3 Å². The van der Waals surface area contributed by atoms with Crippen molar-refractivity contribution in [1.82, 2.24) is 5.01 Å². The molecule has 6 nitrogen and oxygen atoms in total. The van der Waals surface area contributed by atoms with Gasteiger partial charge in [-0.05, 0) is 48.0 Å². The van der Waals surface area contributed by atoms with Crippen LogP contribution in [0.2, 0.25) is 0 Å². The van der Waals surface area contributed by atoms with Gasteiger partial charge in [0.05, 0.1) is 6.54 Å². The maximum Gasteiger partial charge on any atom is 0.471 e. The van der Waals surface area contributed by atoms with Crippen LogP contribution in [0.25, 0.3) is 0 Å². The number of hydrogen-bond donors (Lipinski definition) is 0. The van der Waals surface area contributed by atoms with Crippen molar-refractivity contribution in [2.75, 3.05) is 6.54 Å². The highest BCUT2D eigenvalue weighted by molar-refractivity contribution is 5.66. The van der Waals surface area contributed by atoms with Crippen LogP contribution in [0.1, 0.15) is 93.4 Å². The second-order valence-electron chi connectivity index (χ2n) is 8.17. The van der Waals surface area contributed by atoms with E-state index in [4.69, 9.17) is 9.57 Å². The first-order chi connectivity index (χ1) is 11.0. The summed E-state index contributed by atoms with van der Waals surface area (Å²) in [6.07, 6.45) is 7.09. The number of ether oxygens (including phenoxy) is 1. The number of hydrogen-bond acceptors (Lipinski definition) is 4. The minimum atomic E-state index is -0.678. The van der Waals surface area contributed by atoms with Gasteiger partial charge in [0.1, 0.15) is 10.5 Å². The number of carbonyl (C=O) groups excluding carboxylic acids is 1. The largest absolute Gasteiger partial charge is 0.471 e. The first-order valence-electron chi connectivity index (χ1n) is 9.13. The molecule has 0 unspecified atom stereocenters. The molecule has 0 fully saturated rings. The average Bonchev–Trinajstić information content (AvgIpc) is 2.37. The standard InChI is InChI=1S/C18H37N2O4/c1-8-9-10-11-12-13-14-15-19(16(21)23-17(2,3)4)20(22)24-18(5,6)7/h8-15H2,1-7H3/q+1. The molecule has 0 aliphatic heterocycles. The Bertz CT molecular complexity index is 355. The van der Waals surface area contributed by atoms with E-state index in [1.165, 1.54) is 25.7 Å². The van der Waals surface area contributed by atoms with E-state index in [1.807, 2.05) is 0 Å². The number of nitrogens with zero attached hydrogens (tertiary/aromatic N) is 2. The molecule has 1 amide bonds. The number of hydrazine groups is 1. The van der Waals surface area contributed by atoms with E-state index in [1.54, 1.807) is 41.5 Å². The van der Waals surface area contributed by atoms with Crippen molar-refractivity contribution in [3.8, 4) is 0 Å². The van der Waals surface area contributed by atoms with E-state index in [9.17, 15) is 9.70 Å². The third-order valence-electron chi connectivity index (χ3n) is 3.13. The Balaban J connectivity index is 4.53. The summed E-state index contributed by atoms with van der Waals surface area (Å²) in [6.45, 7) is 13.1. The molecular formula is C18H37N2O4+. The number of amides is 1. The summed E-state index contributed by atoms with van der Waals surface area (Å²) >= 11 is 0. The van der Waals surface area contributed by atoms with Crippen molar-refractivity contribution in [3.63, 3.8) is 0 Å². The molecule has 0 bridgehead atoms. The predicted molar refractivity (Wildman–Crippen MR) is 95.4 cm³/mol. The quantitative estimate of drug-likeness (QED) is 0.393. The Kier molecular flexibility index (Phi) is 9.93. The van der Waals surface area contributed by atoms with Crippen LogP contribution < -0.4 is 0 Å². The lowest BCUT2D eigenvalue weighted by molar-refractivity contribution is -0.912. The molecule has 0 aromatic carbocycles. The molecule has 0 aliphatic rings. The fourth-order valence-corrected chi connectivity index (χ4v) is 2.06. The molecule has 0 aliphatic carbocycles. The van der Waals surface area contributed by atoms with Gasteiger partial charge in [0.2, 0.25) is 0 Å². The smallest absolute Gasteiger partial charge is 0.440 e. The van der Waals surface area contributed by atoms with Gasteiger partial charge in [-0.3, -0.25) is 0 Å². The first kappa shape index (κ1) is 22.7. The summed E-state index contributed by atoms with van der Waals surface area (Å²) in [5.41, 5.74) is -1.33. The van der Waals surface area contributed by atoms with Crippen molar-refractivity contribution in [2.24, 2.45) is 0 Å². The lowest BCUT2D eigenvalue weighted by atomic mass is 10.1. The van der Waals surface area contributed by atoms with E-state index >= 15 is 0 Å². The minimum Gasteiger partial charge on any atom is -0.440 e. The van der Waals surface area contributed by atoms with Crippen molar-refractivity contribution in [2.45, 2.75) is 105 Å². The average molecular weight is 346 g/mol. The van der Waals surface area contributed by atoms with Crippen LogP contribution in [0.15, 0.2) is 0 Å². The Morgan fingerprint density at radius 2 is 1.38 bits per heavy atom. The molecule has 0 N–H and O–H groups in total. The van der Waals surface area contributed by atoms with Crippen LogP contribution in [-0.2, 0) is 9.57 Å². The highest BCUT2D eigenvalue weighted by Crippen LogP contribution is 2.15. The third kappa shape index (κ3) is 12.1. The summed E-state index contributed by atoms with van der Waals surface area (Å²) in [6, 6.07) is 0. The third-order valence-corrected chi connectivity index (χ3v) is 3.13.